The van der Waals surface area contributed by atoms with Gasteiger partial charge in [-0.2, -0.15) is 51.8 Å². The molecule has 8 aromatic rings. The molecular formula is C72H81N7O21S6. The Balaban J connectivity index is 0.965. The predicted octanol–water partition coefficient (Wildman–Crippen LogP) is 9.54. The maximum Gasteiger partial charge on any atom is 0.295 e. The molecule has 2 aliphatic rings. The van der Waals surface area contributed by atoms with Crippen LogP contribution in [0, 0.1) is 13.8 Å². The SMILES string of the molecule is CCN(CC)C(=O)Cc1c(-c2ccc(OCCNC(=O)CCCCc3cccc(C(=C\C=C4/N(CCCS(=O)(=O)O)c5ccc6c(S(=O)(=O)O)cc(S(=O)(=O)O)cc6c5C4(C)C)/C=C/C4=[N+](CCCS(=O)(=O)[O-])c5ccc6c(S(=O)(=O)O)cc(S(=O)(=O)O)cc6c5C4(C)C)c3)cc2)nn2c(C)cc(C)nc12. The molecule has 28 nitrogen and oxygen atoms in total. The number of amides is 2. The van der Waals surface area contributed by atoms with Gasteiger partial charge in [-0.05, 0) is 179 Å². The van der Waals surface area contributed by atoms with Gasteiger partial charge in [-0.3, -0.25) is 32.4 Å². The Kier molecular flexibility index (Phi) is 23.0. The zero-order chi connectivity index (χ0) is 77.6. The number of fused-ring (bicyclic) bond motifs is 7. The molecule has 0 saturated carbocycles. The van der Waals surface area contributed by atoms with Crippen molar-refractivity contribution in [3.05, 3.63) is 172 Å². The van der Waals surface area contributed by atoms with Gasteiger partial charge in [0.05, 0.1) is 49.7 Å². The summed E-state index contributed by atoms with van der Waals surface area (Å²) >= 11 is 0. The van der Waals surface area contributed by atoms with E-state index in [1.54, 1.807) is 95.2 Å². The van der Waals surface area contributed by atoms with E-state index in [0.717, 1.165) is 34.6 Å². The molecule has 0 unspecified atom stereocenters. The number of carbonyl (C=O) groups is 2. The van der Waals surface area contributed by atoms with Crippen LogP contribution >= 0.6 is 0 Å². The van der Waals surface area contributed by atoms with Gasteiger partial charge in [0.2, 0.25) is 17.5 Å². The number of allylic oxidation sites excluding steroid dienone is 6. The summed E-state index contributed by atoms with van der Waals surface area (Å²) in [7, 11) is -29.9. The van der Waals surface area contributed by atoms with Crippen LogP contribution in [0.5, 0.6) is 5.75 Å². The summed E-state index contributed by atoms with van der Waals surface area (Å²) in [5, 5.41) is 7.46. The van der Waals surface area contributed by atoms with Crippen LogP contribution in [0.3, 0.4) is 0 Å². The van der Waals surface area contributed by atoms with Crippen LogP contribution in [0.1, 0.15) is 113 Å². The number of unbranched alkanes of at least 4 members (excludes halogenated alkanes) is 1. The van der Waals surface area contributed by atoms with Gasteiger partial charge in [0.15, 0.2) is 11.4 Å². The molecule has 2 amide bonds. The van der Waals surface area contributed by atoms with Gasteiger partial charge in [0.1, 0.15) is 28.7 Å². The Morgan fingerprint density at radius 2 is 1.31 bits per heavy atom. The lowest BCUT2D eigenvalue weighted by atomic mass is 9.78. The maximum atomic E-state index is 13.4. The van der Waals surface area contributed by atoms with Crippen molar-refractivity contribution in [2.45, 2.75) is 131 Å². The highest BCUT2D eigenvalue weighted by molar-refractivity contribution is 7.87. The molecule has 0 radical (unpaired) electrons. The van der Waals surface area contributed by atoms with Crippen molar-refractivity contribution in [1.29, 1.82) is 0 Å². The molecule has 2 aliphatic heterocycles. The minimum Gasteiger partial charge on any atom is -0.748 e. The average Bonchev–Trinajstić information content (AvgIpc) is 1.54. The van der Waals surface area contributed by atoms with Crippen LogP contribution in [0.25, 0.3) is 44.0 Å². The highest BCUT2D eigenvalue weighted by Crippen LogP contribution is 2.53. The third-order valence-electron chi connectivity index (χ3n) is 19.0. The molecule has 0 saturated heterocycles. The molecule has 0 spiro atoms. The van der Waals surface area contributed by atoms with E-state index in [0.29, 0.717) is 101 Å². The molecule has 34 heteroatoms. The second-order valence-corrected chi connectivity index (χ2v) is 35.7. The number of nitrogens with zero attached hydrogens (tertiary/aromatic N) is 6. The van der Waals surface area contributed by atoms with Crippen LogP contribution in [0.4, 0.5) is 11.4 Å². The second kappa shape index (κ2) is 30.5. The minimum absolute atomic E-state index is 0.0272. The third-order valence-corrected chi connectivity index (χ3v) is 24.0. The fourth-order valence-electron chi connectivity index (χ4n) is 14.2. The molecule has 6 N–H and O–H groups in total. The normalized spacial score (nSPS) is 15.4. The number of carbonyl (C=O) groups excluding carboxylic acids is 2. The third kappa shape index (κ3) is 17.6. The van der Waals surface area contributed by atoms with Gasteiger partial charge in [-0.15, -0.1) is 0 Å². The maximum absolute atomic E-state index is 13.4. The number of anilines is 1. The van der Waals surface area contributed by atoms with Crippen molar-refractivity contribution < 1.29 is 96.7 Å². The first-order valence-corrected chi connectivity index (χ1v) is 42.6. The molecule has 4 heterocycles. The molecule has 2 aromatic heterocycles. The lowest BCUT2D eigenvalue weighted by molar-refractivity contribution is -0.437. The minimum atomic E-state index is -5.17. The quantitative estimate of drug-likeness (QED) is 0.0105. The number of ether oxygens (including phenoxy) is 1. The number of benzene rings is 6. The zero-order valence-corrected chi connectivity index (χ0v) is 64.0. The van der Waals surface area contributed by atoms with Crippen molar-refractivity contribution in [1.82, 2.24) is 24.8 Å². The van der Waals surface area contributed by atoms with Gasteiger partial charge in [0.25, 0.3) is 50.6 Å². The van der Waals surface area contributed by atoms with Gasteiger partial charge < -0.3 is 24.4 Å². The molecule has 10 rings (SSSR count). The Morgan fingerprint density at radius 1 is 0.689 bits per heavy atom. The summed E-state index contributed by atoms with van der Waals surface area (Å²) in [5.74, 6) is -1.23. The van der Waals surface area contributed by atoms with Gasteiger partial charge in [-0.25, -0.2) is 17.9 Å². The Morgan fingerprint density at radius 3 is 1.91 bits per heavy atom. The van der Waals surface area contributed by atoms with Crippen LogP contribution < -0.4 is 15.0 Å². The molecular weight excluding hydrogens is 1490 g/mol. The lowest BCUT2D eigenvalue weighted by Gasteiger charge is -2.27. The summed E-state index contributed by atoms with van der Waals surface area (Å²) < 4.78 is 224. The number of likely N-dealkylation sites (N-methyl/N-ethyl adjacent to an activating group) is 1. The van der Waals surface area contributed by atoms with Crippen molar-refractivity contribution in [3.8, 4) is 17.0 Å². The van der Waals surface area contributed by atoms with E-state index in [-0.39, 0.29) is 96.4 Å². The average molecular weight is 1570 g/mol. The molecule has 566 valence electrons. The van der Waals surface area contributed by atoms with Crippen LogP contribution in [0.2, 0.25) is 0 Å². The lowest BCUT2D eigenvalue weighted by Crippen LogP contribution is -2.31. The van der Waals surface area contributed by atoms with Crippen molar-refractivity contribution in [2.24, 2.45) is 0 Å². The Labute approximate surface area is 615 Å². The molecule has 0 aliphatic carbocycles. The first-order chi connectivity index (χ1) is 49.4. The van der Waals surface area contributed by atoms with Crippen LogP contribution in [-0.4, -0.2) is 170 Å². The summed E-state index contributed by atoms with van der Waals surface area (Å²) in [5.41, 5.74) is 5.57. The number of rotatable bonds is 30. The second-order valence-electron chi connectivity index (χ2n) is 27.0. The molecule has 0 fully saturated rings. The van der Waals surface area contributed by atoms with E-state index >= 15 is 0 Å². The summed E-state index contributed by atoms with van der Waals surface area (Å²) in [6, 6.07) is 25.5. The standard InChI is InChI=1S/C72H81N7O21S6/c1-9-76(10-2)66(81)44-58-69(75-79-46(4)38-45(3)74-70(58)79)49-20-24-51(25-21-49)100-35-32-73-65(80)19-12-11-16-47-17-13-18-50(39-47)48(22-30-63-71(5,6)67-56-40-52(103(88,89)90)42-61(105(94,95)96)54(56)26-28-59(67)77(63)33-14-36-101(82,83)84)23-31-64-72(7,8)68-57-41-53(104(91,92)93)43-62(106(97,98)99)55(57)27-29-60(68)78(64)34-15-37-102(85,86)87/h13,17-18,20-31,38-43H,9-12,14-16,19,32-37,44H2,1-8H3,(H6-,73,80,82,83,84,85,86,87,88,89,90,91,92,93,94,95,96,97,98,99). The number of hydrogen-bond acceptors (Lipinski definition) is 19. The molecule has 0 bridgehead atoms. The summed E-state index contributed by atoms with van der Waals surface area (Å²) in [6.07, 6.45) is 8.05. The smallest absolute Gasteiger partial charge is 0.295 e. The van der Waals surface area contributed by atoms with Crippen molar-refractivity contribution in [3.63, 3.8) is 0 Å². The fourth-order valence-corrected chi connectivity index (χ4v) is 17.8. The first-order valence-electron chi connectivity index (χ1n) is 33.7. The predicted molar refractivity (Wildman–Crippen MR) is 398 cm³/mol. The van der Waals surface area contributed by atoms with E-state index in [9.17, 15) is 87.4 Å². The highest BCUT2D eigenvalue weighted by atomic mass is 32.2. The highest BCUT2D eigenvalue weighted by Gasteiger charge is 2.47. The molecule has 0 atom stereocenters. The number of aryl methyl sites for hydroxylation is 3. The monoisotopic (exact) mass is 1570 g/mol. The zero-order valence-electron chi connectivity index (χ0n) is 59.1. The number of nitrogens with one attached hydrogen (secondary N) is 1. The summed E-state index contributed by atoms with van der Waals surface area (Å²) in [6.45, 7) is 15.7. The Hall–Kier alpha value is -8.65. The van der Waals surface area contributed by atoms with Crippen LogP contribution in [0.15, 0.2) is 153 Å². The van der Waals surface area contributed by atoms with Crippen molar-refractivity contribution >= 4 is 122 Å². The van der Waals surface area contributed by atoms with E-state index in [2.05, 4.69) is 5.32 Å². The Bertz CT molecular complexity index is 5750. The van der Waals surface area contributed by atoms with Gasteiger partial charge >= 0.3 is 0 Å². The van der Waals surface area contributed by atoms with E-state index < -0.39 is 103 Å². The number of hydrogen-bond donors (Lipinski definition) is 6. The van der Waals surface area contributed by atoms with E-state index in [4.69, 9.17) is 14.8 Å². The van der Waals surface area contributed by atoms with Gasteiger partial charge in [-0.1, -0.05) is 50.3 Å². The molecule has 6 aromatic carbocycles. The van der Waals surface area contributed by atoms with Gasteiger partial charge in [0, 0.05) is 106 Å². The summed E-state index contributed by atoms with van der Waals surface area (Å²) in [4.78, 5) is 31.4. The van der Waals surface area contributed by atoms with Crippen molar-refractivity contribution in [2.75, 3.05) is 55.7 Å². The molecule has 106 heavy (non-hydrogen) atoms. The first kappa shape index (κ1) is 79.9. The van der Waals surface area contributed by atoms with E-state index in [1.807, 2.05) is 58.0 Å². The topological polar surface area (TPSA) is 424 Å². The number of aromatic nitrogens is 3. The fraction of sp³-hybridized carbons (Fsp3) is 0.347. The van der Waals surface area contributed by atoms with E-state index in [1.165, 1.54) is 24.3 Å². The van der Waals surface area contributed by atoms with Crippen LogP contribution in [-0.2, 0) is 94.0 Å². The largest absolute Gasteiger partial charge is 0.748 e.